The molecule has 0 amide bonds. The summed E-state index contributed by atoms with van der Waals surface area (Å²) in [5, 5.41) is 0. The zero-order valence-corrected chi connectivity index (χ0v) is 10.9. The van der Waals surface area contributed by atoms with Gasteiger partial charge < -0.3 is 9.64 Å². The Balaban J connectivity index is 2.71. The van der Waals surface area contributed by atoms with E-state index >= 15 is 0 Å². The van der Waals surface area contributed by atoms with Gasteiger partial charge in [-0.15, -0.1) is 0 Å². The molecule has 0 saturated heterocycles. The van der Waals surface area contributed by atoms with Crippen molar-refractivity contribution in [1.82, 2.24) is 9.97 Å². The van der Waals surface area contributed by atoms with Crippen molar-refractivity contribution < 1.29 is 4.74 Å². The second kappa shape index (κ2) is 5.90. The summed E-state index contributed by atoms with van der Waals surface area (Å²) in [4.78, 5) is 10.9. The molecule has 1 unspecified atom stereocenters. The molecule has 0 N–H and O–H groups in total. The summed E-state index contributed by atoms with van der Waals surface area (Å²) in [5.74, 6) is 1.31. The minimum Gasteiger partial charge on any atom is -0.478 e. The number of nitrogens with zero attached hydrogens (tertiary/aromatic N) is 3. The monoisotopic (exact) mass is 273 g/mol. The van der Waals surface area contributed by atoms with Gasteiger partial charge in [0, 0.05) is 30.7 Å². The molecule has 1 aromatic heterocycles. The van der Waals surface area contributed by atoms with E-state index in [1.54, 1.807) is 12.3 Å². The molecule has 5 heteroatoms. The van der Waals surface area contributed by atoms with Crippen LogP contribution >= 0.6 is 15.9 Å². The van der Waals surface area contributed by atoms with E-state index in [1.165, 1.54) is 0 Å². The zero-order valence-electron chi connectivity index (χ0n) is 9.27. The van der Waals surface area contributed by atoms with E-state index in [0.29, 0.717) is 23.3 Å². The highest BCUT2D eigenvalue weighted by Crippen LogP contribution is 2.12. The van der Waals surface area contributed by atoms with Crippen LogP contribution in [0.2, 0.25) is 0 Å². The van der Waals surface area contributed by atoms with Crippen molar-refractivity contribution in [1.29, 1.82) is 0 Å². The lowest BCUT2D eigenvalue weighted by Crippen LogP contribution is -2.25. The number of halogens is 1. The van der Waals surface area contributed by atoms with Crippen LogP contribution in [0.5, 0.6) is 5.88 Å². The molecule has 0 fully saturated rings. The van der Waals surface area contributed by atoms with Crippen LogP contribution in [0.3, 0.4) is 0 Å². The van der Waals surface area contributed by atoms with E-state index in [2.05, 4.69) is 32.8 Å². The van der Waals surface area contributed by atoms with Gasteiger partial charge in [0.25, 0.3) is 0 Å². The topological polar surface area (TPSA) is 38.2 Å². The smallest absolute Gasteiger partial charge is 0.228 e. The first-order valence-electron chi connectivity index (χ1n) is 4.94. The Morgan fingerprint density at radius 1 is 1.60 bits per heavy atom. The Labute approximate surface area is 98.8 Å². The number of anilines is 1. The van der Waals surface area contributed by atoms with Gasteiger partial charge in [-0.25, -0.2) is 4.98 Å². The van der Waals surface area contributed by atoms with Gasteiger partial charge in [-0.05, 0) is 6.92 Å². The quantitative estimate of drug-likeness (QED) is 0.771. The molecule has 4 nitrogen and oxygen atoms in total. The van der Waals surface area contributed by atoms with Gasteiger partial charge in [0.05, 0.1) is 6.61 Å². The van der Waals surface area contributed by atoms with Crippen LogP contribution in [0.1, 0.15) is 13.8 Å². The molecule has 1 rings (SSSR count). The van der Waals surface area contributed by atoms with Crippen LogP contribution in [-0.2, 0) is 0 Å². The highest BCUT2D eigenvalue weighted by molar-refractivity contribution is 9.09. The van der Waals surface area contributed by atoms with Gasteiger partial charge in [0.2, 0.25) is 11.8 Å². The summed E-state index contributed by atoms with van der Waals surface area (Å²) in [6.07, 6.45) is 1.71. The lowest BCUT2D eigenvalue weighted by molar-refractivity contribution is 0.326. The summed E-state index contributed by atoms with van der Waals surface area (Å²) in [6, 6.07) is 1.76. The normalized spacial score (nSPS) is 12.3. The summed E-state index contributed by atoms with van der Waals surface area (Å²) in [6.45, 7) is 5.50. The second-order valence-electron chi connectivity index (χ2n) is 3.29. The predicted octanol–water partition coefficient (Wildman–Crippen LogP) is 2.09. The van der Waals surface area contributed by atoms with E-state index in [0.717, 1.165) is 6.54 Å². The molecule has 0 bridgehead atoms. The maximum atomic E-state index is 5.31. The lowest BCUT2D eigenvalue weighted by Gasteiger charge is -2.18. The van der Waals surface area contributed by atoms with Crippen LogP contribution < -0.4 is 9.64 Å². The number of ether oxygens (including phenoxy) is 1. The van der Waals surface area contributed by atoms with Gasteiger partial charge in [-0.1, -0.05) is 22.9 Å². The minimum atomic E-state index is 0.404. The molecule has 0 aliphatic rings. The molecule has 0 aliphatic heterocycles. The van der Waals surface area contributed by atoms with E-state index in [9.17, 15) is 0 Å². The average Bonchev–Trinajstić information content (AvgIpc) is 2.17. The van der Waals surface area contributed by atoms with Gasteiger partial charge in [0.15, 0.2) is 0 Å². The third kappa shape index (κ3) is 4.03. The molecule has 0 aliphatic carbocycles. The Kier molecular flexibility index (Phi) is 4.81. The molecular weight excluding hydrogens is 258 g/mol. The maximum Gasteiger partial charge on any atom is 0.228 e. The molecule has 0 spiro atoms. The molecule has 15 heavy (non-hydrogen) atoms. The first-order valence-corrected chi connectivity index (χ1v) is 5.86. The van der Waals surface area contributed by atoms with Crippen molar-refractivity contribution in [3.05, 3.63) is 12.3 Å². The van der Waals surface area contributed by atoms with Crippen LogP contribution in [-0.4, -0.2) is 35.0 Å². The fraction of sp³-hybridized carbons (Fsp3) is 0.600. The standard InChI is InChI=1S/C10H16BrN3O/c1-4-15-9-5-6-12-10(13-9)14(3)7-8(2)11/h5-6,8H,4,7H2,1-3H3. The molecular formula is C10H16BrN3O. The van der Waals surface area contributed by atoms with E-state index in [1.807, 2.05) is 18.9 Å². The van der Waals surface area contributed by atoms with Crippen molar-refractivity contribution in [2.75, 3.05) is 25.1 Å². The van der Waals surface area contributed by atoms with Gasteiger partial charge in [0.1, 0.15) is 0 Å². The summed E-state index contributed by atoms with van der Waals surface area (Å²) in [5.41, 5.74) is 0. The molecule has 0 aromatic carbocycles. The highest BCUT2D eigenvalue weighted by atomic mass is 79.9. The first-order chi connectivity index (χ1) is 7.13. The highest BCUT2D eigenvalue weighted by Gasteiger charge is 2.07. The zero-order chi connectivity index (χ0) is 11.3. The molecule has 1 heterocycles. The van der Waals surface area contributed by atoms with Crippen LogP contribution in [0, 0.1) is 0 Å². The van der Waals surface area contributed by atoms with Gasteiger partial charge >= 0.3 is 0 Å². The van der Waals surface area contributed by atoms with Crippen LogP contribution in [0.25, 0.3) is 0 Å². The van der Waals surface area contributed by atoms with Crippen molar-refractivity contribution in [2.45, 2.75) is 18.7 Å². The van der Waals surface area contributed by atoms with Crippen molar-refractivity contribution in [3.63, 3.8) is 0 Å². The molecule has 0 radical (unpaired) electrons. The van der Waals surface area contributed by atoms with Gasteiger partial charge in [-0.3, -0.25) is 0 Å². The Bertz CT molecular complexity index is 306. The summed E-state index contributed by atoms with van der Waals surface area (Å²) >= 11 is 3.49. The number of rotatable bonds is 5. The van der Waals surface area contributed by atoms with Gasteiger partial charge in [-0.2, -0.15) is 4.98 Å². The third-order valence-electron chi connectivity index (χ3n) is 1.78. The Morgan fingerprint density at radius 3 is 2.93 bits per heavy atom. The predicted molar refractivity (Wildman–Crippen MR) is 64.9 cm³/mol. The first kappa shape index (κ1) is 12.2. The van der Waals surface area contributed by atoms with Crippen molar-refractivity contribution in [2.24, 2.45) is 0 Å². The number of hydrogen-bond donors (Lipinski definition) is 0. The average molecular weight is 274 g/mol. The number of aromatic nitrogens is 2. The van der Waals surface area contributed by atoms with Crippen LogP contribution in [0.15, 0.2) is 12.3 Å². The lowest BCUT2D eigenvalue weighted by atomic mass is 10.4. The maximum absolute atomic E-state index is 5.31. The molecule has 84 valence electrons. The minimum absolute atomic E-state index is 0.404. The SMILES string of the molecule is CCOc1ccnc(N(C)CC(C)Br)n1. The second-order valence-corrected chi connectivity index (χ2v) is 4.85. The van der Waals surface area contributed by atoms with Crippen LogP contribution in [0.4, 0.5) is 5.95 Å². The van der Waals surface area contributed by atoms with E-state index in [-0.39, 0.29) is 0 Å². The summed E-state index contributed by atoms with van der Waals surface area (Å²) in [7, 11) is 1.96. The molecule has 1 atom stereocenters. The van der Waals surface area contributed by atoms with E-state index in [4.69, 9.17) is 4.74 Å². The summed E-state index contributed by atoms with van der Waals surface area (Å²) < 4.78 is 5.31. The molecule has 0 saturated carbocycles. The fourth-order valence-corrected chi connectivity index (χ4v) is 1.64. The fourth-order valence-electron chi connectivity index (χ4n) is 1.20. The Morgan fingerprint density at radius 2 is 2.33 bits per heavy atom. The molecule has 1 aromatic rings. The largest absolute Gasteiger partial charge is 0.478 e. The third-order valence-corrected chi connectivity index (χ3v) is 2.07. The Hall–Kier alpha value is -0.840. The number of hydrogen-bond acceptors (Lipinski definition) is 4. The van der Waals surface area contributed by atoms with Crippen molar-refractivity contribution >= 4 is 21.9 Å². The van der Waals surface area contributed by atoms with E-state index < -0.39 is 0 Å². The van der Waals surface area contributed by atoms with Crippen molar-refractivity contribution in [3.8, 4) is 5.88 Å². The number of alkyl halides is 1.